The van der Waals surface area contributed by atoms with Crippen molar-refractivity contribution in [3.8, 4) is 5.75 Å². The first-order chi connectivity index (χ1) is 20.5. The Labute approximate surface area is 252 Å². The summed E-state index contributed by atoms with van der Waals surface area (Å²) < 4.78 is 5.29. The maximum Gasteiger partial charge on any atom is 0.352 e. The number of aromatic carboxylic acids is 1. The number of carboxylic acid groups (broad SMARTS) is 1. The van der Waals surface area contributed by atoms with E-state index in [4.69, 9.17) is 9.57 Å². The molecule has 2 aromatic rings. The summed E-state index contributed by atoms with van der Waals surface area (Å²) >= 11 is 0. The first kappa shape index (κ1) is 29.5. The summed E-state index contributed by atoms with van der Waals surface area (Å²) in [5, 5.41) is 28.6. The number of methoxy groups -OCH3 is 1. The number of hydrogen-bond donors (Lipinski definition) is 4. The van der Waals surface area contributed by atoms with Gasteiger partial charge < -0.3 is 30.1 Å². The number of rotatable bonds is 8. The molecule has 3 saturated carbocycles. The van der Waals surface area contributed by atoms with Gasteiger partial charge in [-0.2, -0.15) is 0 Å². The number of carboxylic acids is 1. The molecule has 6 atom stereocenters. The Bertz CT molecular complexity index is 1540. The van der Waals surface area contributed by atoms with Crippen LogP contribution in [0.4, 0.5) is 0 Å². The number of carbonyl (C=O) groups is 2. The zero-order chi connectivity index (χ0) is 30.6. The number of ether oxygens (including phenoxy) is 1. The number of hydrogen-bond acceptors (Lipinski definition) is 6. The van der Waals surface area contributed by atoms with E-state index in [2.05, 4.69) is 41.5 Å². The largest absolute Gasteiger partial charge is 0.497 e. The van der Waals surface area contributed by atoms with Crippen molar-refractivity contribution >= 4 is 28.5 Å². The molecular formula is C34H43N3O6. The summed E-state index contributed by atoms with van der Waals surface area (Å²) in [6.45, 7) is 6.74. The van der Waals surface area contributed by atoms with Crippen molar-refractivity contribution in [3.63, 3.8) is 0 Å². The first-order valence-electron chi connectivity index (χ1n) is 15.5. The third-order valence-electron chi connectivity index (χ3n) is 11.5. The van der Waals surface area contributed by atoms with Crippen molar-refractivity contribution < 1.29 is 29.4 Å². The lowest BCUT2D eigenvalue weighted by atomic mass is 9.47. The second-order valence-corrected chi connectivity index (χ2v) is 13.6. The van der Waals surface area contributed by atoms with Crippen molar-refractivity contribution in [3.05, 3.63) is 53.3 Å². The van der Waals surface area contributed by atoms with Crippen molar-refractivity contribution in [2.75, 3.05) is 20.3 Å². The molecule has 230 valence electrons. The Balaban J connectivity index is 1.04. The topological polar surface area (TPSA) is 133 Å². The van der Waals surface area contributed by atoms with E-state index in [0.29, 0.717) is 46.7 Å². The summed E-state index contributed by atoms with van der Waals surface area (Å²) in [4.78, 5) is 32.7. The highest BCUT2D eigenvalue weighted by Crippen LogP contribution is 2.66. The van der Waals surface area contributed by atoms with Crippen molar-refractivity contribution in [2.24, 2.45) is 33.7 Å². The molecule has 1 heterocycles. The minimum Gasteiger partial charge on any atom is -0.497 e. The summed E-state index contributed by atoms with van der Waals surface area (Å²) in [6.07, 6.45) is 13.1. The number of nitrogens with one attached hydrogen (secondary N) is 2. The third-order valence-corrected chi connectivity index (χ3v) is 11.5. The molecule has 1 amide bonds. The van der Waals surface area contributed by atoms with Gasteiger partial charge in [0.1, 0.15) is 17.2 Å². The molecule has 3 unspecified atom stereocenters. The Hall–Kier alpha value is -3.59. The van der Waals surface area contributed by atoms with Gasteiger partial charge in [-0.15, -0.1) is 0 Å². The number of carbonyl (C=O) groups excluding carboxylic acids is 1. The monoisotopic (exact) mass is 589 g/mol. The van der Waals surface area contributed by atoms with E-state index < -0.39 is 11.6 Å². The molecule has 0 bridgehead atoms. The number of aromatic amines is 1. The normalized spacial score (nSPS) is 33.8. The molecule has 9 nitrogen and oxygen atoms in total. The second kappa shape index (κ2) is 10.8. The van der Waals surface area contributed by atoms with Gasteiger partial charge in [0.2, 0.25) is 0 Å². The quantitative estimate of drug-likeness (QED) is 0.305. The van der Waals surface area contributed by atoms with E-state index in [0.717, 1.165) is 43.9 Å². The van der Waals surface area contributed by atoms with E-state index in [1.165, 1.54) is 5.57 Å². The number of fused-ring (bicyclic) bond motifs is 6. The first-order valence-corrected chi connectivity index (χ1v) is 15.5. The Morgan fingerprint density at radius 1 is 1.14 bits per heavy atom. The SMILES string of the molecule is COc1ccc2[nH]c(C(=O)O)c(CCNC(=O)CO/N=C3\C=C[C@@]4(C)C(=C3)CCC3C4CC[C@@]4(C)C3CC[C@]4(C)O)c2c1. The van der Waals surface area contributed by atoms with Gasteiger partial charge in [-0.25, -0.2) is 4.79 Å². The number of allylic oxidation sites excluding steroid dienone is 4. The lowest BCUT2D eigenvalue weighted by Gasteiger charge is -2.58. The van der Waals surface area contributed by atoms with Crippen LogP contribution in [0.1, 0.15) is 75.3 Å². The molecule has 43 heavy (non-hydrogen) atoms. The lowest BCUT2D eigenvalue weighted by molar-refractivity contribution is -0.125. The zero-order valence-corrected chi connectivity index (χ0v) is 25.5. The van der Waals surface area contributed by atoms with Crippen LogP contribution in [0, 0.1) is 28.6 Å². The van der Waals surface area contributed by atoms with Crippen molar-refractivity contribution in [1.29, 1.82) is 0 Å². The summed E-state index contributed by atoms with van der Waals surface area (Å²) in [5.74, 6) is 1.00. The molecular weight excluding hydrogens is 546 g/mol. The molecule has 6 rings (SSSR count). The molecule has 9 heteroatoms. The van der Waals surface area contributed by atoms with Gasteiger partial charge in [-0.05, 0) is 111 Å². The van der Waals surface area contributed by atoms with E-state index in [9.17, 15) is 19.8 Å². The molecule has 1 aromatic carbocycles. The molecule has 4 aliphatic rings. The smallest absolute Gasteiger partial charge is 0.352 e. The summed E-state index contributed by atoms with van der Waals surface area (Å²) in [7, 11) is 1.56. The maximum atomic E-state index is 12.5. The fourth-order valence-corrected chi connectivity index (χ4v) is 8.85. The molecule has 4 aliphatic carbocycles. The Morgan fingerprint density at radius 3 is 2.70 bits per heavy atom. The highest BCUT2D eigenvalue weighted by Gasteiger charge is 2.62. The highest BCUT2D eigenvalue weighted by molar-refractivity contribution is 6.05. The molecule has 0 aliphatic heterocycles. The summed E-state index contributed by atoms with van der Waals surface area (Å²) in [6, 6.07) is 5.35. The Morgan fingerprint density at radius 2 is 1.93 bits per heavy atom. The Kier molecular flexibility index (Phi) is 7.43. The van der Waals surface area contributed by atoms with Crippen molar-refractivity contribution in [1.82, 2.24) is 10.3 Å². The maximum absolute atomic E-state index is 12.5. The molecule has 0 saturated heterocycles. The number of aliphatic hydroxyl groups is 1. The van der Waals surface area contributed by atoms with E-state index in [-0.39, 0.29) is 35.6 Å². The van der Waals surface area contributed by atoms with Gasteiger partial charge in [-0.1, -0.05) is 30.7 Å². The van der Waals surface area contributed by atoms with Gasteiger partial charge in [-0.3, -0.25) is 4.79 Å². The fourth-order valence-electron chi connectivity index (χ4n) is 8.85. The van der Waals surface area contributed by atoms with Crippen LogP contribution in [-0.4, -0.2) is 58.6 Å². The fraction of sp³-hybridized carbons (Fsp3) is 0.559. The van der Waals surface area contributed by atoms with Crippen LogP contribution in [0.25, 0.3) is 10.9 Å². The third kappa shape index (κ3) is 4.95. The molecule has 1 aromatic heterocycles. The van der Waals surface area contributed by atoms with E-state index in [1.54, 1.807) is 25.3 Å². The average Bonchev–Trinajstić information content (AvgIpc) is 3.46. The van der Waals surface area contributed by atoms with Crippen molar-refractivity contribution in [2.45, 2.75) is 71.3 Å². The number of H-pyrrole nitrogens is 1. The highest BCUT2D eigenvalue weighted by atomic mass is 16.6. The second-order valence-electron chi connectivity index (χ2n) is 13.6. The van der Waals surface area contributed by atoms with Crippen LogP contribution in [0.15, 0.2) is 47.2 Å². The average molecular weight is 590 g/mol. The molecule has 4 N–H and O–H groups in total. The number of nitrogens with zero attached hydrogens (tertiary/aromatic N) is 1. The molecule has 0 radical (unpaired) electrons. The lowest BCUT2D eigenvalue weighted by Crippen LogP contribution is -2.53. The summed E-state index contributed by atoms with van der Waals surface area (Å²) in [5.41, 5.74) is 2.92. The predicted octanol–water partition coefficient (Wildman–Crippen LogP) is 5.40. The number of aromatic nitrogens is 1. The van der Waals surface area contributed by atoms with Gasteiger partial charge in [0, 0.05) is 22.9 Å². The van der Waals surface area contributed by atoms with Gasteiger partial charge in [0.15, 0.2) is 6.61 Å². The molecule has 0 spiro atoms. The number of amides is 1. The van der Waals surface area contributed by atoms with Gasteiger partial charge >= 0.3 is 5.97 Å². The van der Waals surface area contributed by atoms with Gasteiger partial charge in [0.05, 0.1) is 12.7 Å². The standard InChI is InChI=1S/C34H43N3O6/c1-32-13-9-21(17-20(32)5-7-24-26(32)10-14-33(2)27(24)11-15-34(33,3)41)37-43-19-29(38)35-16-12-23-25-18-22(42-4)6-8-28(25)36-30(23)31(39)40/h6,8-9,13,17-18,24,26-27,36,41H,5,7,10-12,14-16,19H2,1-4H3,(H,35,38)(H,39,40)/b37-21+/t24?,26?,27?,32-,33-,34-/m0/s1. The van der Waals surface area contributed by atoms with Crippen LogP contribution < -0.4 is 10.1 Å². The minimum atomic E-state index is -1.05. The van der Waals surface area contributed by atoms with Crippen LogP contribution in [0.5, 0.6) is 5.75 Å². The zero-order valence-electron chi connectivity index (χ0n) is 25.5. The van der Waals surface area contributed by atoms with E-state index in [1.807, 2.05) is 13.0 Å². The van der Waals surface area contributed by atoms with Gasteiger partial charge in [0.25, 0.3) is 5.91 Å². The van der Waals surface area contributed by atoms with Crippen LogP contribution >= 0.6 is 0 Å². The minimum absolute atomic E-state index is 0.00662. The number of oxime groups is 1. The number of benzene rings is 1. The molecule has 3 fully saturated rings. The van der Waals surface area contributed by atoms with E-state index >= 15 is 0 Å². The van der Waals surface area contributed by atoms with Crippen LogP contribution in [-0.2, 0) is 16.1 Å². The van der Waals surface area contributed by atoms with Crippen LogP contribution in [0.2, 0.25) is 0 Å². The van der Waals surface area contributed by atoms with Crippen LogP contribution in [0.3, 0.4) is 0 Å². The predicted molar refractivity (Wildman–Crippen MR) is 164 cm³/mol.